The summed E-state index contributed by atoms with van der Waals surface area (Å²) < 4.78 is 0. The Morgan fingerprint density at radius 1 is 0.133 bits per heavy atom. The van der Waals surface area contributed by atoms with Crippen molar-refractivity contribution in [3.8, 4) is 0 Å². The molecule has 0 spiro atoms. The zero-order valence-corrected chi connectivity index (χ0v) is 69.1. The number of hydrogen-bond acceptors (Lipinski definition) is 16. The summed E-state index contributed by atoms with van der Waals surface area (Å²) in [5.41, 5.74) is 0. The molecule has 0 amide bonds. The van der Waals surface area contributed by atoms with Crippen LogP contribution >= 0.6 is 0 Å². The van der Waals surface area contributed by atoms with E-state index < -0.39 is 47.8 Å². The standard InChI is InChI=1S/8C10H20O2.2Nb/c8*1-2-3-4-5-6-7-8-9-10(11)12;;/h8*2-9H2,1H3,(H,11,12);;/q;;;;;;;;2*+4/p-8. The van der Waals surface area contributed by atoms with Gasteiger partial charge in [0.2, 0.25) is 0 Å². The Labute approximate surface area is 634 Å². The van der Waals surface area contributed by atoms with Crippen molar-refractivity contribution in [1.82, 2.24) is 0 Å². The van der Waals surface area contributed by atoms with Crippen LogP contribution in [-0.4, -0.2) is 47.8 Å². The second-order valence-corrected chi connectivity index (χ2v) is 25.9. The minimum Gasteiger partial charge on any atom is -0.550 e. The molecule has 0 aliphatic rings. The third-order valence-electron chi connectivity index (χ3n) is 15.9. The zero-order chi connectivity index (χ0) is 73.9. The summed E-state index contributed by atoms with van der Waals surface area (Å²) in [7, 11) is 0. The Balaban J connectivity index is -0.000000113. The fraction of sp³-hybridized carbons (Fsp3) is 0.900. The molecular formula is C80H152Nb2O16. The van der Waals surface area contributed by atoms with E-state index >= 15 is 0 Å². The Morgan fingerprint density at radius 3 is 0.255 bits per heavy atom. The molecule has 0 bridgehead atoms. The van der Waals surface area contributed by atoms with Crippen LogP contribution in [0.15, 0.2) is 0 Å². The number of carboxylic acids is 8. The van der Waals surface area contributed by atoms with Gasteiger partial charge in [0.15, 0.2) is 0 Å². The SMILES string of the molecule is CCCCCCCCCC(=O)[O-].CCCCCCCCCC(=O)[O-].CCCCCCCCCC(=O)[O-].CCCCCCCCCC(=O)[O-].CCCCCCCCCC(=O)[O-].CCCCCCCCCC(=O)[O-].CCCCCCCCCC(=O)[O-].CCCCCCCCCC(=O)[O-].[Nb+4].[Nb+4]. The number of aliphatic carboxylic acids is 8. The van der Waals surface area contributed by atoms with Gasteiger partial charge in [-0.25, -0.2) is 0 Å². The Morgan fingerprint density at radius 2 is 0.194 bits per heavy atom. The monoisotopic (exact) mass is 1550 g/mol. The van der Waals surface area contributed by atoms with Crippen LogP contribution in [0, 0.1) is 0 Å². The first kappa shape index (κ1) is 116. The van der Waals surface area contributed by atoms with Gasteiger partial charge in [-0.15, -0.1) is 0 Å². The topological polar surface area (TPSA) is 321 Å². The maximum atomic E-state index is 10.0. The van der Waals surface area contributed by atoms with Gasteiger partial charge in [-0.2, -0.15) is 0 Å². The molecule has 0 fully saturated rings. The smallest absolute Gasteiger partial charge is 0.550 e. The molecule has 0 N–H and O–H groups in total. The summed E-state index contributed by atoms with van der Waals surface area (Å²) in [6, 6.07) is 0. The van der Waals surface area contributed by atoms with Crippen LogP contribution in [0.3, 0.4) is 0 Å². The van der Waals surface area contributed by atoms with Crippen molar-refractivity contribution in [2.45, 2.75) is 466 Å². The van der Waals surface area contributed by atoms with Crippen LogP contribution in [0.4, 0.5) is 0 Å². The van der Waals surface area contributed by atoms with Gasteiger partial charge in [-0.3, -0.25) is 0 Å². The van der Waals surface area contributed by atoms with Crippen LogP contribution in [0.1, 0.15) is 466 Å². The van der Waals surface area contributed by atoms with Gasteiger partial charge < -0.3 is 79.2 Å². The molecule has 18 heteroatoms. The van der Waals surface area contributed by atoms with E-state index in [-0.39, 0.29) is 96.1 Å². The molecule has 0 unspecified atom stereocenters. The molecule has 16 nitrogen and oxygen atoms in total. The molecule has 0 rings (SSSR count). The third kappa shape index (κ3) is 165. The van der Waals surface area contributed by atoms with E-state index in [1.54, 1.807) is 0 Å². The van der Waals surface area contributed by atoms with Gasteiger partial charge in [0, 0.05) is 47.8 Å². The van der Waals surface area contributed by atoms with Crippen molar-refractivity contribution in [2.75, 3.05) is 0 Å². The zero-order valence-electron chi connectivity index (χ0n) is 64.7. The van der Waals surface area contributed by atoms with Crippen LogP contribution < -0.4 is 40.9 Å². The van der Waals surface area contributed by atoms with Gasteiger partial charge in [-0.1, -0.05) is 364 Å². The predicted octanol–water partition coefficient (Wildman–Crippen LogP) is 15.0. The molecule has 0 aromatic carbocycles. The molecule has 0 aliphatic heterocycles. The summed E-state index contributed by atoms with van der Waals surface area (Å²) >= 11 is 0. The van der Waals surface area contributed by atoms with Gasteiger partial charge in [0.05, 0.1) is 0 Å². The molecule has 0 atom stereocenters. The maximum Gasteiger partial charge on any atom is 4.00 e. The Kier molecular flexibility index (Phi) is 134. The molecule has 0 saturated heterocycles. The van der Waals surface area contributed by atoms with Crippen LogP contribution in [0.25, 0.3) is 0 Å². The van der Waals surface area contributed by atoms with Gasteiger partial charge >= 0.3 is 44.8 Å². The van der Waals surface area contributed by atoms with Crippen LogP contribution in [0.2, 0.25) is 0 Å². The first-order valence-electron chi connectivity index (χ1n) is 39.8. The fourth-order valence-corrected chi connectivity index (χ4v) is 9.81. The van der Waals surface area contributed by atoms with E-state index in [0.717, 1.165) is 103 Å². The second-order valence-electron chi connectivity index (χ2n) is 25.9. The molecule has 0 heterocycles. The summed E-state index contributed by atoms with van der Waals surface area (Å²) in [4.78, 5) is 80.2. The number of carbonyl (C=O) groups excluding carboxylic acids is 8. The number of carbonyl (C=O) groups is 8. The van der Waals surface area contributed by atoms with Crippen LogP contribution in [-0.2, 0) is 83.1 Å². The molecule has 2 radical (unpaired) electrons. The number of unbranched alkanes of at least 4 members (excludes halogenated alkanes) is 48. The first-order chi connectivity index (χ1) is 46.2. The molecular weight excluding hydrogens is 1400 g/mol. The van der Waals surface area contributed by atoms with Crippen molar-refractivity contribution in [3.63, 3.8) is 0 Å². The normalized spacial score (nSPS) is 9.88. The van der Waals surface area contributed by atoms with Crippen molar-refractivity contribution >= 4 is 47.8 Å². The minimum atomic E-state index is -0.913. The molecule has 0 aliphatic carbocycles. The molecule has 0 saturated carbocycles. The molecule has 578 valence electrons. The quantitative estimate of drug-likeness (QED) is 0.0403. The molecule has 98 heavy (non-hydrogen) atoms. The Bertz CT molecular complexity index is 1230. The molecule has 0 aromatic rings. The van der Waals surface area contributed by atoms with Crippen molar-refractivity contribution in [3.05, 3.63) is 0 Å². The summed E-state index contributed by atoms with van der Waals surface area (Å²) in [6.07, 6.45) is 66.7. The predicted molar refractivity (Wildman–Crippen MR) is 381 cm³/mol. The van der Waals surface area contributed by atoms with E-state index in [0.29, 0.717) is 0 Å². The maximum absolute atomic E-state index is 10.0. The van der Waals surface area contributed by atoms with E-state index in [9.17, 15) is 79.2 Å². The number of rotatable bonds is 64. The summed E-state index contributed by atoms with van der Waals surface area (Å²) in [6.45, 7) is 17.5. The minimum absolute atomic E-state index is 0. The van der Waals surface area contributed by atoms with E-state index in [1.807, 2.05) is 0 Å². The fourth-order valence-electron chi connectivity index (χ4n) is 9.81. The summed E-state index contributed by atoms with van der Waals surface area (Å²) in [5, 5.41) is 80.2. The first-order valence-corrected chi connectivity index (χ1v) is 39.8. The van der Waals surface area contributed by atoms with E-state index in [4.69, 9.17) is 0 Å². The number of hydrogen-bond donors (Lipinski definition) is 0. The largest absolute Gasteiger partial charge is 4.00 e. The summed E-state index contributed by atoms with van der Waals surface area (Å²) in [5.74, 6) is -7.31. The molecule has 0 aromatic heterocycles. The van der Waals surface area contributed by atoms with Crippen LogP contribution in [0.5, 0.6) is 0 Å². The van der Waals surface area contributed by atoms with Crippen molar-refractivity contribution < 1.29 is 124 Å². The van der Waals surface area contributed by atoms with Crippen molar-refractivity contribution in [1.29, 1.82) is 0 Å². The third-order valence-corrected chi connectivity index (χ3v) is 15.9. The Hall–Kier alpha value is -2.76. The average molecular weight is 1560 g/mol. The second kappa shape index (κ2) is 113. The van der Waals surface area contributed by atoms with Gasteiger partial charge in [-0.05, 0) is 103 Å². The van der Waals surface area contributed by atoms with Gasteiger partial charge in [0.1, 0.15) is 0 Å². The number of carboxylic acid groups (broad SMARTS) is 8. The van der Waals surface area contributed by atoms with E-state index in [1.165, 1.54) is 257 Å². The van der Waals surface area contributed by atoms with Gasteiger partial charge in [0.25, 0.3) is 0 Å². The average Bonchev–Trinajstić information content (AvgIpc) is 3.56. The van der Waals surface area contributed by atoms with E-state index in [2.05, 4.69) is 55.4 Å². The van der Waals surface area contributed by atoms with Crippen molar-refractivity contribution in [2.24, 2.45) is 0 Å².